The van der Waals surface area contributed by atoms with Crippen molar-refractivity contribution in [2.45, 2.75) is 0 Å². The minimum Gasteiger partial charge on any atom is -0.496 e. The van der Waals surface area contributed by atoms with Gasteiger partial charge in [-0.05, 0) is 30.3 Å². The van der Waals surface area contributed by atoms with Crippen LogP contribution in [0.25, 0.3) is 16.9 Å². The number of hydrogen-bond acceptors (Lipinski definition) is 6. The number of amides is 1. The number of ether oxygens (including phenoxy) is 1. The molecule has 0 spiro atoms. The van der Waals surface area contributed by atoms with Gasteiger partial charge in [0, 0.05) is 44.8 Å². The lowest BCUT2D eigenvalue weighted by Gasteiger charge is -2.31. The van der Waals surface area contributed by atoms with E-state index in [4.69, 9.17) is 4.74 Å². The predicted molar refractivity (Wildman–Crippen MR) is 124 cm³/mol. The number of anilines is 2. The number of carbonyl (C=O) groups is 1. The van der Waals surface area contributed by atoms with Gasteiger partial charge >= 0.3 is 0 Å². The fourth-order valence-electron chi connectivity index (χ4n) is 4.09. The Hall–Kier alpha value is -4.05. The Morgan fingerprint density at radius 3 is 2.79 bits per heavy atom. The molecule has 0 bridgehead atoms. The summed E-state index contributed by atoms with van der Waals surface area (Å²) in [5.74, 6) is -1.32. The molecule has 1 aliphatic heterocycles. The van der Waals surface area contributed by atoms with E-state index in [0.717, 1.165) is 31.9 Å². The van der Waals surface area contributed by atoms with Crippen molar-refractivity contribution in [2.24, 2.45) is 0 Å². The second-order valence-corrected chi connectivity index (χ2v) is 7.80. The molecule has 10 heteroatoms. The summed E-state index contributed by atoms with van der Waals surface area (Å²) in [5.41, 5.74) is 1.70. The lowest BCUT2D eigenvalue weighted by Crippen LogP contribution is -2.43. The highest BCUT2D eigenvalue weighted by Gasteiger charge is 2.22. The monoisotopic (exact) mass is 464 g/mol. The van der Waals surface area contributed by atoms with Crippen molar-refractivity contribution >= 4 is 22.9 Å². The van der Waals surface area contributed by atoms with Gasteiger partial charge in [0.1, 0.15) is 28.8 Å². The number of methoxy groups -OCH3 is 1. The average molecular weight is 464 g/mol. The second kappa shape index (κ2) is 9.06. The van der Waals surface area contributed by atoms with Gasteiger partial charge < -0.3 is 24.7 Å². The van der Waals surface area contributed by atoms with Crippen molar-refractivity contribution in [1.82, 2.24) is 19.7 Å². The van der Waals surface area contributed by atoms with Crippen LogP contribution in [0.3, 0.4) is 0 Å². The molecule has 2 aromatic carbocycles. The number of benzene rings is 2. The third-order valence-corrected chi connectivity index (χ3v) is 5.70. The maximum absolute atomic E-state index is 14.8. The number of nitrogens with one attached hydrogen (secondary N) is 2. The van der Waals surface area contributed by atoms with Crippen LogP contribution < -0.4 is 20.3 Å². The topological polar surface area (TPSA) is 83.8 Å². The smallest absolute Gasteiger partial charge is 0.275 e. The number of nitrogens with zero attached hydrogens (tertiary/aromatic N) is 4. The van der Waals surface area contributed by atoms with E-state index in [1.165, 1.54) is 43.8 Å². The van der Waals surface area contributed by atoms with Crippen LogP contribution in [0, 0.1) is 11.6 Å². The Balaban J connectivity index is 1.56. The number of carbonyl (C=O) groups excluding carboxylic acids is 1. The number of hydrogen-bond donors (Lipinski definition) is 2. The molecule has 2 N–H and O–H groups in total. The molecule has 0 radical (unpaired) electrons. The summed E-state index contributed by atoms with van der Waals surface area (Å²) in [7, 11) is 1.43. The van der Waals surface area contributed by atoms with Gasteiger partial charge in [0.15, 0.2) is 5.65 Å². The average Bonchev–Trinajstić information content (AvgIpc) is 3.33. The van der Waals surface area contributed by atoms with Gasteiger partial charge in [0.2, 0.25) is 0 Å². The van der Waals surface area contributed by atoms with Gasteiger partial charge in [0.25, 0.3) is 5.91 Å². The lowest BCUT2D eigenvalue weighted by atomic mass is 10.1. The first-order chi connectivity index (χ1) is 16.5. The van der Waals surface area contributed by atoms with E-state index in [-0.39, 0.29) is 22.7 Å². The van der Waals surface area contributed by atoms with Crippen LogP contribution >= 0.6 is 0 Å². The SMILES string of the molecule is COc1cccc(F)c1-c1nc(C(=O)Nc2cc(F)ccc2N2CCNCC2)cn2ccnc12. The fourth-order valence-corrected chi connectivity index (χ4v) is 4.09. The Bertz CT molecular complexity index is 1370. The van der Waals surface area contributed by atoms with Crippen molar-refractivity contribution in [1.29, 1.82) is 0 Å². The normalized spacial score (nSPS) is 13.8. The van der Waals surface area contributed by atoms with Crippen LogP contribution in [-0.4, -0.2) is 53.6 Å². The zero-order chi connectivity index (χ0) is 23.7. The molecule has 3 heterocycles. The quantitative estimate of drug-likeness (QED) is 0.471. The van der Waals surface area contributed by atoms with Crippen LogP contribution in [0.4, 0.5) is 20.2 Å². The molecule has 1 saturated heterocycles. The molecule has 0 aliphatic carbocycles. The van der Waals surface area contributed by atoms with Gasteiger partial charge in [-0.15, -0.1) is 0 Å². The first-order valence-electron chi connectivity index (χ1n) is 10.8. The Morgan fingerprint density at radius 1 is 1.18 bits per heavy atom. The maximum Gasteiger partial charge on any atom is 0.275 e. The Labute approximate surface area is 194 Å². The molecule has 0 saturated carbocycles. The zero-order valence-electron chi connectivity index (χ0n) is 18.4. The molecule has 0 unspecified atom stereocenters. The number of aromatic nitrogens is 3. The standard InChI is InChI=1S/C24H22F2N6O2/c1-34-20-4-2-3-16(26)21(20)22-23-28-9-12-32(23)14-18(29-22)24(33)30-17-13-15(25)5-6-19(17)31-10-7-27-8-11-31/h2-6,9,12-14,27H,7-8,10-11H2,1H3,(H,30,33). The molecule has 4 aromatic rings. The van der Waals surface area contributed by atoms with Crippen LogP contribution in [0.1, 0.15) is 10.5 Å². The molecule has 1 fully saturated rings. The summed E-state index contributed by atoms with van der Waals surface area (Å²) >= 11 is 0. The van der Waals surface area contributed by atoms with Gasteiger partial charge in [-0.25, -0.2) is 18.7 Å². The lowest BCUT2D eigenvalue weighted by molar-refractivity contribution is 0.102. The molecule has 0 atom stereocenters. The van der Waals surface area contributed by atoms with Crippen molar-refractivity contribution in [3.63, 3.8) is 0 Å². The highest BCUT2D eigenvalue weighted by Crippen LogP contribution is 2.34. The van der Waals surface area contributed by atoms with Gasteiger partial charge in [0.05, 0.1) is 24.0 Å². The van der Waals surface area contributed by atoms with Gasteiger partial charge in [-0.1, -0.05) is 6.07 Å². The maximum atomic E-state index is 14.8. The first kappa shape index (κ1) is 21.8. The third-order valence-electron chi connectivity index (χ3n) is 5.70. The second-order valence-electron chi connectivity index (χ2n) is 7.80. The summed E-state index contributed by atoms with van der Waals surface area (Å²) in [6.07, 6.45) is 4.67. The predicted octanol–water partition coefficient (Wildman–Crippen LogP) is 3.35. The summed E-state index contributed by atoms with van der Waals surface area (Å²) in [6, 6.07) is 8.73. The minimum absolute atomic E-state index is 0.0151. The highest BCUT2D eigenvalue weighted by atomic mass is 19.1. The van der Waals surface area contributed by atoms with E-state index in [0.29, 0.717) is 11.3 Å². The number of rotatable bonds is 5. The number of fused-ring (bicyclic) bond motifs is 1. The molecule has 1 aliphatic rings. The number of imidazole rings is 1. The molecule has 2 aromatic heterocycles. The van der Waals surface area contributed by atoms with Gasteiger partial charge in [-0.2, -0.15) is 0 Å². The summed E-state index contributed by atoms with van der Waals surface area (Å²) < 4.78 is 35.8. The molecular formula is C24H22F2N6O2. The van der Waals surface area contributed by atoms with E-state index >= 15 is 0 Å². The molecular weight excluding hydrogens is 442 g/mol. The van der Waals surface area contributed by atoms with E-state index in [2.05, 4.69) is 25.5 Å². The molecule has 34 heavy (non-hydrogen) atoms. The molecule has 1 amide bonds. The van der Waals surface area contributed by atoms with Crippen molar-refractivity contribution < 1.29 is 18.3 Å². The highest BCUT2D eigenvalue weighted by molar-refractivity contribution is 6.05. The minimum atomic E-state index is -0.561. The third kappa shape index (κ3) is 4.03. The summed E-state index contributed by atoms with van der Waals surface area (Å²) in [4.78, 5) is 24.0. The van der Waals surface area contributed by atoms with Crippen molar-refractivity contribution in [3.8, 4) is 17.0 Å². The molecule has 174 valence electrons. The van der Waals surface area contributed by atoms with Crippen molar-refractivity contribution in [3.05, 3.63) is 72.3 Å². The van der Waals surface area contributed by atoms with E-state index in [9.17, 15) is 13.6 Å². The molecule has 8 nitrogen and oxygen atoms in total. The Kier molecular flexibility index (Phi) is 5.81. The van der Waals surface area contributed by atoms with Crippen LogP contribution in [0.2, 0.25) is 0 Å². The first-order valence-corrected chi connectivity index (χ1v) is 10.8. The number of halogens is 2. The largest absolute Gasteiger partial charge is 0.496 e. The van der Waals surface area contributed by atoms with Crippen LogP contribution in [-0.2, 0) is 0 Å². The van der Waals surface area contributed by atoms with E-state index in [1.807, 2.05) is 0 Å². The summed E-state index contributed by atoms with van der Waals surface area (Å²) in [5, 5.41) is 6.05. The van der Waals surface area contributed by atoms with Gasteiger partial charge in [-0.3, -0.25) is 4.79 Å². The van der Waals surface area contributed by atoms with Crippen LogP contribution in [0.15, 0.2) is 55.0 Å². The van der Waals surface area contributed by atoms with Crippen LogP contribution in [0.5, 0.6) is 5.75 Å². The Morgan fingerprint density at radius 2 is 2.00 bits per heavy atom. The van der Waals surface area contributed by atoms with E-state index in [1.54, 1.807) is 22.7 Å². The molecule has 5 rings (SSSR count). The van der Waals surface area contributed by atoms with E-state index < -0.39 is 17.5 Å². The number of piperazine rings is 1. The zero-order valence-corrected chi connectivity index (χ0v) is 18.4. The fraction of sp³-hybridized carbons (Fsp3) is 0.208. The summed E-state index contributed by atoms with van der Waals surface area (Å²) in [6.45, 7) is 3.03. The van der Waals surface area contributed by atoms with Crippen molar-refractivity contribution in [2.75, 3.05) is 43.5 Å².